The number of sulfonamides is 1. The van der Waals surface area contributed by atoms with E-state index in [0.29, 0.717) is 25.3 Å². The minimum absolute atomic E-state index is 0.0275. The number of hydrogen-bond acceptors (Lipinski definition) is 3. The van der Waals surface area contributed by atoms with E-state index in [-0.39, 0.29) is 12.6 Å². The van der Waals surface area contributed by atoms with Crippen LogP contribution in [0, 0.1) is 5.92 Å². The lowest BCUT2D eigenvalue weighted by Gasteiger charge is -2.38. The van der Waals surface area contributed by atoms with Gasteiger partial charge in [0, 0.05) is 26.2 Å². The molecule has 2 N–H and O–H groups in total. The minimum atomic E-state index is -3.54. The summed E-state index contributed by atoms with van der Waals surface area (Å²) in [6.07, 6.45) is 3.31. The fourth-order valence-corrected chi connectivity index (χ4v) is 3.66. The van der Waals surface area contributed by atoms with Crippen LogP contribution in [0.1, 0.15) is 32.6 Å². The molecule has 2 aliphatic heterocycles. The second kappa shape index (κ2) is 5.66. The molecule has 2 heterocycles. The van der Waals surface area contributed by atoms with Crippen molar-refractivity contribution in [2.75, 3.05) is 26.2 Å². The Bertz CT molecular complexity index is 430. The van der Waals surface area contributed by atoms with E-state index in [0.717, 1.165) is 25.9 Å². The molecule has 2 rings (SSSR count). The molecule has 0 aliphatic carbocycles. The third kappa shape index (κ3) is 3.60. The average molecular weight is 289 g/mol. The molecule has 110 valence electrons. The van der Waals surface area contributed by atoms with Gasteiger partial charge in [-0.05, 0) is 31.6 Å². The molecule has 0 saturated carbocycles. The lowest BCUT2D eigenvalue weighted by molar-refractivity contribution is 0.127. The van der Waals surface area contributed by atoms with E-state index in [1.807, 2.05) is 4.90 Å². The summed E-state index contributed by atoms with van der Waals surface area (Å²) >= 11 is 0. The molecule has 0 aromatic carbocycles. The van der Waals surface area contributed by atoms with Crippen molar-refractivity contribution in [3.63, 3.8) is 0 Å². The van der Waals surface area contributed by atoms with Gasteiger partial charge in [0.15, 0.2) is 0 Å². The number of piperidine rings is 2. The predicted octanol–water partition coefficient (Wildman–Crippen LogP) is 0.591. The standard InChI is InChI=1S/C12H23N3O3S/c1-10-4-7-14(8-5-10)12(16)15-6-2-3-11(9-15)19(13,17)18/h10-11H,2-9H2,1H3,(H2,13,17,18). The molecule has 6 nitrogen and oxygen atoms in total. The average Bonchev–Trinajstić information content (AvgIpc) is 2.38. The summed E-state index contributed by atoms with van der Waals surface area (Å²) in [5.41, 5.74) is 0. The van der Waals surface area contributed by atoms with Gasteiger partial charge < -0.3 is 9.80 Å². The zero-order valence-corrected chi connectivity index (χ0v) is 12.2. The number of amides is 2. The van der Waals surface area contributed by atoms with E-state index < -0.39 is 15.3 Å². The summed E-state index contributed by atoms with van der Waals surface area (Å²) in [5, 5.41) is 4.59. The molecule has 0 radical (unpaired) electrons. The van der Waals surface area contributed by atoms with E-state index in [9.17, 15) is 13.2 Å². The van der Waals surface area contributed by atoms with Crippen LogP contribution in [0.4, 0.5) is 4.79 Å². The molecule has 2 aliphatic rings. The smallest absolute Gasteiger partial charge is 0.320 e. The quantitative estimate of drug-likeness (QED) is 0.767. The molecule has 1 unspecified atom stereocenters. The summed E-state index contributed by atoms with van der Waals surface area (Å²) < 4.78 is 22.8. The van der Waals surface area contributed by atoms with Crippen LogP contribution >= 0.6 is 0 Å². The normalized spacial score (nSPS) is 26.5. The number of likely N-dealkylation sites (tertiary alicyclic amines) is 2. The van der Waals surface area contributed by atoms with Gasteiger partial charge in [0.25, 0.3) is 0 Å². The number of urea groups is 1. The maximum Gasteiger partial charge on any atom is 0.320 e. The Morgan fingerprint density at radius 3 is 2.32 bits per heavy atom. The Labute approximate surface area is 115 Å². The van der Waals surface area contributed by atoms with Crippen molar-refractivity contribution in [1.82, 2.24) is 9.80 Å². The lowest BCUT2D eigenvalue weighted by Crippen LogP contribution is -2.52. The summed E-state index contributed by atoms with van der Waals surface area (Å²) in [6, 6.07) is -0.0275. The summed E-state index contributed by atoms with van der Waals surface area (Å²) in [7, 11) is -3.54. The van der Waals surface area contributed by atoms with E-state index in [1.165, 1.54) is 0 Å². The second-order valence-corrected chi connectivity index (χ2v) is 7.60. The zero-order chi connectivity index (χ0) is 14.0. The third-order valence-corrected chi connectivity index (χ3v) is 5.48. The van der Waals surface area contributed by atoms with Crippen molar-refractivity contribution >= 4 is 16.1 Å². The monoisotopic (exact) mass is 289 g/mol. The molecule has 1 atom stereocenters. The van der Waals surface area contributed by atoms with Gasteiger partial charge >= 0.3 is 6.03 Å². The van der Waals surface area contributed by atoms with Gasteiger partial charge in [-0.25, -0.2) is 18.4 Å². The molecular formula is C12H23N3O3S. The molecule has 7 heteroatoms. The molecule has 2 fully saturated rings. The molecular weight excluding hydrogens is 266 g/mol. The number of rotatable bonds is 1. The molecule has 0 bridgehead atoms. The maximum absolute atomic E-state index is 12.3. The van der Waals surface area contributed by atoms with Crippen molar-refractivity contribution in [3.05, 3.63) is 0 Å². The highest BCUT2D eigenvalue weighted by molar-refractivity contribution is 7.89. The largest absolute Gasteiger partial charge is 0.325 e. The molecule has 19 heavy (non-hydrogen) atoms. The second-order valence-electron chi connectivity index (χ2n) is 5.75. The van der Waals surface area contributed by atoms with E-state index >= 15 is 0 Å². The summed E-state index contributed by atoms with van der Waals surface area (Å²) in [4.78, 5) is 15.8. The van der Waals surface area contributed by atoms with Crippen molar-refractivity contribution < 1.29 is 13.2 Å². The number of hydrogen-bond donors (Lipinski definition) is 1. The molecule has 2 saturated heterocycles. The molecule has 0 aromatic rings. The van der Waals surface area contributed by atoms with Crippen LogP contribution in [0.3, 0.4) is 0 Å². The van der Waals surface area contributed by atoms with Crippen molar-refractivity contribution in [3.8, 4) is 0 Å². The zero-order valence-electron chi connectivity index (χ0n) is 11.4. The molecule has 2 amide bonds. The van der Waals surface area contributed by atoms with Gasteiger partial charge in [-0.15, -0.1) is 0 Å². The Morgan fingerprint density at radius 2 is 1.74 bits per heavy atom. The molecule has 0 aromatic heterocycles. The highest BCUT2D eigenvalue weighted by Gasteiger charge is 2.33. The van der Waals surface area contributed by atoms with Gasteiger partial charge in [0.2, 0.25) is 10.0 Å². The van der Waals surface area contributed by atoms with E-state index in [2.05, 4.69) is 6.92 Å². The Morgan fingerprint density at radius 1 is 1.11 bits per heavy atom. The van der Waals surface area contributed by atoms with Gasteiger partial charge in [-0.2, -0.15) is 0 Å². The highest BCUT2D eigenvalue weighted by Crippen LogP contribution is 2.20. The third-order valence-electron chi connectivity index (χ3n) is 4.17. The van der Waals surface area contributed by atoms with Crippen molar-refractivity contribution in [2.24, 2.45) is 11.1 Å². The Hall–Kier alpha value is -0.820. The van der Waals surface area contributed by atoms with Gasteiger partial charge in [0.05, 0.1) is 5.25 Å². The predicted molar refractivity (Wildman–Crippen MR) is 73.1 cm³/mol. The van der Waals surface area contributed by atoms with E-state index in [4.69, 9.17) is 5.14 Å². The summed E-state index contributed by atoms with van der Waals surface area (Å²) in [5.74, 6) is 0.669. The number of nitrogens with zero attached hydrogens (tertiary/aromatic N) is 2. The van der Waals surface area contributed by atoms with Crippen molar-refractivity contribution in [1.29, 1.82) is 0 Å². The fourth-order valence-electron chi connectivity index (χ4n) is 2.78. The van der Waals surface area contributed by atoms with Crippen LogP contribution < -0.4 is 5.14 Å². The summed E-state index contributed by atoms with van der Waals surface area (Å²) in [6.45, 7) is 4.62. The number of carbonyl (C=O) groups excluding carboxylic acids is 1. The SMILES string of the molecule is CC1CCN(C(=O)N2CCCC(S(N)(=O)=O)C2)CC1. The van der Waals surface area contributed by atoms with Crippen molar-refractivity contribution in [2.45, 2.75) is 37.9 Å². The highest BCUT2D eigenvalue weighted by atomic mass is 32.2. The Balaban J connectivity index is 1.95. The van der Waals surface area contributed by atoms with Gasteiger partial charge in [-0.1, -0.05) is 6.92 Å². The first kappa shape index (κ1) is 14.6. The topological polar surface area (TPSA) is 83.7 Å². The number of nitrogens with two attached hydrogens (primary N) is 1. The van der Waals surface area contributed by atoms with Crippen LogP contribution in [0.25, 0.3) is 0 Å². The van der Waals surface area contributed by atoms with Gasteiger partial charge in [0.1, 0.15) is 0 Å². The van der Waals surface area contributed by atoms with Crippen LogP contribution in [0.5, 0.6) is 0 Å². The first-order valence-electron chi connectivity index (χ1n) is 6.93. The van der Waals surface area contributed by atoms with Gasteiger partial charge in [-0.3, -0.25) is 0 Å². The maximum atomic E-state index is 12.3. The fraction of sp³-hybridized carbons (Fsp3) is 0.917. The Kier molecular flexibility index (Phi) is 4.35. The lowest BCUT2D eigenvalue weighted by atomic mass is 9.99. The number of carbonyl (C=O) groups is 1. The van der Waals surface area contributed by atoms with Crippen LogP contribution in [0.2, 0.25) is 0 Å². The van der Waals surface area contributed by atoms with Crippen LogP contribution in [0.15, 0.2) is 0 Å². The molecule has 0 spiro atoms. The number of primary sulfonamides is 1. The first-order valence-corrected chi connectivity index (χ1v) is 8.54. The van der Waals surface area contributed by atoms with Crippen LogP contribution in [-0.2, 0) is 10.0 Å². The van der Waals surface area contributed by atoms with E-state index in [1.54, 1.807) is 4.90 Å². The first-order chi connectivity index (χ1) is 8.88. The van der Waals surface area contributed by atoms with Crippen LogP contribution in [-0.4, -0.2) is 55.7 Å². The minimum Gasteiger partial charge on any atom is -0.325 e.